The van der Waals surface area contributed by atoms with E-state index in [1.807, 2.05) is 13.8 Å². The SMILES string of the molecule is CCN(CC)C(=O)N1CCN(C(=O)/C=C/c2cc[c]c([N+](=O)[O-])c2-c2ccc(Cl)cc2Cl)CC1. The van der Waals surface area contributed by atoms with Crippen LogP contribution in [0.1, 0.15) is 19.4 Å². The van der Waals surface area contributed by atoms with E-state index in [4.69, 9.17) is 23.2 Å². The molecule has 1 aliphatic heterocycles. The van der Waals surface area contributed by atoms with Gasteiger partial charge in [0.15, 0.2) is 0 Å². The summed E-state index contributed by atoms with van der Waals surface area (Å²) in [4.78, 5) is 41.6. The molecule has 0 spiro atoms. The van der Waals surface area contributed by atoms with E-state index < -0.39 is 4.92 Å². The average molecular weight is 504 g/mol. The van der Waals surface area contributed by atoms with Gasteiger partial charge in [0.05, 0.1) is 21.6 Å². The van der Waals surface area contributed by atoms with Gasteiger partial charge in [-0.2, -0.15) is 0 Å². The quantitative estimate of drug-likeness (QED) is 0.315. The number of halogens is 2. The van der Waals surface area contributed by atoms with E-state index in [0.717, 1.165) is 0 Å². The number of piperazine rings is 1. The Labute approximate surface area is 208 Å². The van der Waals surface area contributed by atoms with Crippen molar-refractivity contribution >= 4 is 46.9 Å². The molecular weight excluding hydrogens is 479 g/mol. The standard InChI is InChI=1S/C24H25Cl2N4O4/c1-3-27(4-2)24(32)29-14-12-28(13-15-29)22(31)11-8-17-6-5-7-21(30(33)34)23(17)19-10-9-18(25)16-20(19)26/h5-6,8-11,16H,3-4,12-15H2,1-2H3/b11-8+. The Hall–Kier alpha value is -3.10. The summed E-state index contributed by atoms with van der Waals surface area (Å²) in [6, 6.07) is 10.4. The lowest BCUT2D eigenvalue weighted by Crippen LogP contribution is -2.53. The first kappa shape index (κ1) is 25.5. The normalized spacial score (nSPS) is 13.9. The first-order valence-corrected chi connectivity index (χ1v) is 11.7. The minimum Gasteiger partial charge on any atom is -0.336 e. The highest BCUT2D eigenvalue weighted by atomic mass is 35.5. The molecule has 0 N–H and O–H groups in total. The molecule has 2 aromatic rings. The highest BCUT2D eigenvalue weighted by Gasteiger charge is 2.26. The van der Waals surface area contributed by atoms with Crippen LogP contribution in [0.3, 0.4) is 0 Å². The maximum absolute atomic E-state index is 12.8. The van der Waals surface area contributed by atoms with Gasteiger partial charge in [0.25, 0.3) is 5.69 Å². The molecule has 0 bridgehead atoms. The van der Waals surface area contributed by atoms with Crippen molar-refractivity contribution in [1.82, 2.24) is 14.7 Å². The number of rotatable bonds is 6. The molecule has 179 valence electrons. The first-order valence-electron chi connectivity index (χ1n) is 10.9. The van der Waals surface area contributed by atoms with Crippen LogP contribution < -0.4 is 0 Å². The minimum atomic E-state index is -0.536. The van der Waals surface area contributed by atoms with Gasteiger partial charge in [-0.05, 0) is 43.7 Å². The summed E-state index contributed by atoms with van der Waals surface area (Å²) in [5.74, 6) is -0.237. The van der Waals surface area contributed by atoms with Crippen LogP contribution in [-0.4, -0.2) is 70.8 Å². The largest absolute Gasteiger partial charge is 0.336 e. The van der Waals surface area contributed by atoms with Gasteiger partial charge in [-0.15, -0.1) is 0 Å². The van der Waals surface area contributed by atoms with Crippen LogP contribution in [0.25, 0.3) is 17.2 Å². The van der Waals surface area contributed by atoms with Crippen molar-refractivity contribution in [1.29, 1.82) is 0 Å². The number of benzene rings is 2. The lowest BCUT2D eigenvalue weighted by atomic mass is 9.97. The zero-order valence-corrected chi connectivity index (χ0v) is 20.5. The fourth-order valence-corrected chi connectivity index (χ4v) is 4.34. The fourth-order valence-electron chi connectivity index (χ4n) is 3.84. The maximum Gasteiger partial charge on any atom is 0.320 e. The van der Waals surface area contributed by atoms with Gasteiger partial charge in [0.1, 0.15) is 0 Å². The summed E-state index contributed by atoms with van der Waals surface area (Å²) in [5.41, 5.74) is 0.888. The zero-order valence-electron chi connectivity index (χ0n) is 19.0. The highest BCUT2D eigenvalue weighted by Crippen LogP contribution is 2.38. The Bertz CT molecular complexity index is 1110. The van der Waals surface area contributed by atoms with Crippen molar-refractivity contribution < 1.29 is 14.5 Å². The molecule has 0 aliphatic carbocycles. The Balaban J connectivity index is 1.80. The van der Waals surface area contributed by atoms with Crippen LogP contribution in [-0.2, 0) is 4.79 Å². The van der Waals surface area contributed by atoms with Crippen LogP contribution >= 0.6 is 23.2 Å². The van der Waals surface area contributed by atoms with E-state index in [9.17, 15) is 19.7 Å². The van der Waals surface area contributed by atoms with Gasteiger partial charge in [-0.1, -0.05) is 35.3 Å². The van der Waals surface area contributed by atoms with Crippen molar-refractivity contribution in [2.75, 3.05) is 39.3 Å². The number of hydrogen-bond donors (Lipinski definition) is 0. The summed E-state index contributed by atoms with van der Waals surface area (Å²) in [6.45, 7) is 6.87. The minimum absolute atomic E-state index is 0.0232. The van der Waals surface area contributed by atoms with Gasteiger partial charge >= 0.3 is 6.03 Å². The maximum atomic E-state index is 12.8. The van der Waals surface area contributed by atoms with Crippen molar-refractivity contribution in [3.63, 3.8) is 0 Å². The molecule has 0 saturated carbocycles. The molecule has 3 amide bonds. The van der Waals surface area contributed by atoms with Gasteiger partial charge in [0, 0.05) is 55.9 Å². The number of carbonyl (C=O) groups excluding carboxylic acids is 2. The van der Waals surface area contributed by atoms with Crippen LogP contribution in [0.4, 0.5) is 10.5 Å². The summed E-state index contributed by atoms with van der Waals surface area (Å²) >= 11 is 12.3. The molecule has 0 unspecified atom stereocenters. The second-order valence-corrected chi connectivity index (χ2v) is 8.48. The zero-order chi connectivity index (χ0) is 24.8. The molecule has 1 saturated heterocycles. The topological polar surface area (TPSA) is 87.0 Å². The molecule has 0 atom stereocenters. The van der Waals surface area contributed by atoms with Gasteiger partial charge in [-0.3, -0.25) is 14.9 Å². The Morgan fingerprint density at radius 3 is 2.35 bits per heavy atom. The number of hydrogen-bond acceptors (Lipinski definition) is 4. The molecule has 8 nitrogen and oxygen atoms in total. The van der Waals surface area contributed by atoms with E-state index >= 15 is 0 Å². The van der Waals surface area contributed by atoms with Crippen LogP contribution in [0, 0.1) is 16.2 Å². The predicted octanol–water partition coefficient (Wildman–Crippen LogP) is 4.99. The summed E-state index contributed by atoms with van der Waals surface area (Å²) in [7, 11) is 0. The monoisotopic (exact) mass is 503 g/mol. The molecule has 0 aromatic heterocycles. The van der Waals surface area contributed by atoms with E-state index in [1.165, 1.54) is 24.3 Å². The third-order valence-electron chi connectivity index (χ3n) is 5.69. The van der Waals surface area contributed by atoms with Crippen LogP contribution in [0.2, 0.25) is 10.0 Å². The Morgan fingerprint density at radius 1 is 1.12 bits per heavy atom. The predicted molar refractivity (Wildman–Crippen MR) is 133 cm³/mol. The third kappa shape index (κ3) is 5.69. The van der Waals surface area contributed by atoms with Gasteiger partial charge < -0.3 is 14.7 Å². The molecule has 10 heteroatoms. The van der Waals surface area contributed by atoms with Crippen molar-refractivity contribution in [2.45, 2.75) is 13.8 Å². The van der Waals surface area contributed by atoms with Gasteiger partial charge in [-0.25, -0.2) is 4.79 Å². The van der Waals surface area contributed by atoms with Crippen molar-refractivity contribution in [3.05, 3.63) is 68.2 Å². The van der Waals surface area contributed by atoms with E-state index in [1.54, 1.807) is 32.9 Å². The number of carbonyl (C=O) groups is 2. The fraction of sp³-hybridized carbons (Fsp3) is 0.333. The lowest BCUT2D eigenvalue weighted by molar-refractivity contribution is -0.384. The number of nitro groups is 1. The average Bonchev–Trinajstić information content (AvgIpc) is 2.83. The van der Waals surface area contributed by atoms with Crippen LogP contribution in [0.15, 0.2) is 36.4 Å². The number of nitro benzene ring substituents is 1. The lowest BCUT2D eigenvalue weighted by Gasteiger charge is -2.36. The smallest absolute Gasteiger partial charge is 0.320 e. The molecule has 2 aromatic carbocycles. The molecule has 1 radical (unpaired) electrons. The van der Waals surface area contributed by atoms with Crippen LogP contribution in [0.5, 0.6) is 0 Å². The molecule has 1 aliphatic rings. The van der Waals surface area contributed by atoms with Crippen molar-refractivity contribution in [3.8, 4) is 11.1 Å². The second-order valence-electron chi connectivity index (χ2n) is 7.64. The molecular formula is C24H25Cl2N4O4. The molecule has 34 heavy (non-hydrogen) atoms. The third-order valence-corrected chi connectivity index (χ3v) is 6.24. The summed E-state index contributed by atoms with van der Waals surface area (Å²) in [5, 5.41) is 12.3. The Kier molecular flexibility index (Phi) is 8.52. The van der Waals surface area contributed by atoms with E-state index in [-0.39, 0.29) is 28.2 Å². The molecule has 3 rings (SSSR count). The number of nitrogens with zero attached hydrogens (tertiary/aromatic N) is 4. The molecule has 1 heterocycles. The molecule has 1 fully saturated rings. The van der Waals surface area contributed by atoms with Crippen molar-refractivity contribution in [2.24, 2.45) is 0 Å². The Morgan fingerprint density at radius 2 is 1.76 bits per heavy atom. The number of urea groups is 1. The summed E-state index contributed by atoms with van der Waals surface area (Å²) in [6.07, 6.45) is 2.92. The second kappa shape index (κ2) is 11.4. The first-order chi connectivity index (χ1) is 16.3. The van der Waals surface area contributed by atoms with Gasteiger partial charge in [0.2, 0.25) is 5.91 Å². The van der Waals surface area contributed by atoms with E-state index in [2.05, 4.69) is 6.07 Å². The highest BCUT2D eigenvalue weighted by molar-refractivity contribution is 6.36. The summed E-state index contributed by atoms with van der Waals surface area (Å²) < 4.78 is 0. The van der Waals surface area contributed by atoms with E-state index in [0.29, 0.717) is 55.4 Å². The number of amides is 3.